The predicted molar refractivity (Wildman–Crippen MR) is 150 cm³/mol. The van der Waals surface area contributed by atoms with E-state index >= 15 is 0 Å². The van der Waals surface area contributed by atoms with Crippen molar-refractivity contribution in [1.29, 1.82) is 0 Å². The molecule has 0 saturated carbocycles. The molecule has 0 atom stereocenters. The fourth-order valence-corrected chi connectivity index (χ4v) is 5.92. The van der Waals surface area contributed by atoms with Gasteiger partial charge in [-0.2, -0.15) is 4.98 Å². The van der Waals surface area contributed by atoms with Gasteiger partial charge >= 0.3 is 5.97 Å². The van der Waals surface area contributed by atoms with E-state index in [2.05, 4.69) is 95.7 Å². The third-order valence-corrected chi connectivity index (χ3v) is 8.04. The Morgan fingerprint density at radius 2 is 1.72 bits per heavy atom. The van der Waals surface area contributed by atoms with Crippen molar-refractivity contribution in [3.63, 3.8) is 0 Å². The van der Waals surface area contributed by atoms with Crippen molar-refractivity contribution >= 4 is 28.6 Å². The monoisotopic (exact) mass is 601 g/mol. The van der Waals surface area contributed by atoms with E-state index in [1.165, 1.54) is 14.7 Å². The Hall–Kier alpha value is -2.26. The minimum atomic E-state index is -0.638. The second-order valence-electron chi connectivity index (χ2n) is 11.0. The molecule has 2 heterocycles. The summed E-state index contributed by atoms with van der Waals surface area (Å²) < 4.78 is 6.79. The van der Waals surface area contributed by atoms with E-state index in [-0.39, 0.29) is 0 Å². The molecule has 1 N–H and O–H groups in total. The molecule has 1 saturated heterocycles. The van der Waals surface area contributed by atoms with Crippen LogP contribution < -0.4 is 0 Å². The molecule has 6 nitrogen and oxygen atoms in total. The van der Waals surface area contributed by atoms with E-state index in [0.717, 1.165) is 43.6 Å². The van der Waals surface area contributed by atoms with Gasteiger partial charge in [0.05, 0.1) is 5.41 Å². The van der Waals surface area contributed by atoms with Crippen LogP contribution in [0.2, 0.25) is 0 Å². The molecule has 0 bridgehead atoms. The quantitative estimate of drug-likeness (QED) is 0.269. The summed E-state index contributed by atoms with van der Waals surface area (Å²) in [7, 11) is 0. The number of nitrogens with zero attached hydrogens (tertiary/aromatic N) is 3. The van der Waals surface area contributed by atoms with Gasteiger partial charge in [0, 0.05) is 21.2 Å². The second kappa shape index (κ2) is 11.4. The molecule has 0 radical (unpaired) electrons. The molecule has 0 aliphatic carbocycles. The number of carboxylic acid groups (broad SMARTS) is 1. The summed E-state index contributed by atoms with van der Waals surface area (Å²) in [6.07, 6.45) is 3.22. The van der Waals surface area contributed by atoms with E-state index in [0.29, 0.717) is 36.4 Å². The molecule has 2 aromatic carbocycles. The zero-order valence-corrected chi connectivity index (χ0v) is 23.8. The van der Waals surface area contributed by atoms with Crippen molar-refractivity contribution in [2.75, 3.05) is 13.1 Å². The molecule has 1 fully saturated rings. The zero-order chi connectivity index (χ0) is 25.9. The molecule has 7 heteroatoms. The van der Waals surface area contributed by atoms with Crippen molar-refractivity contribution < 1.29 is 14.4 Å². The maximum atomic E-state index is 12.0. The SMILES string of the molecule is CC(C)Cc1ccc(-c2nc(-c3ccc(CN4CCC(CC(C)C)(C(=O)O)CC4)cc3)no2)cc1I. The first-order valence-corrected chi connectivity index (χ1v) is 13.9. The van der Waals surface area contributed by atoms with Crippen LogP contribution in [0.15, 0.2) is 47.0 Å². The van der Waals surface area contributed by atoms with Gasteiger partial charge in [0.1, 0.15) is 0 Å². The molecule has 1 aromatic heterocycles. The molecule has 1 aliphatic rings. The van der Waals surface area contributed by atoms with Crippen LogP contribution in [0.25, 0.3) is 22.8 Å². The van der Waals surface area contributed by atoms with E-state index < -0.39 is 11.4 Å². The van der Waals surface area contributed by atoms with Gasteiger partial charge in [-0.15, -0.1) is 0 Å². The number of benzene rings is 2. The normalized spacial score (nSPS) is 16.1. The standard InChI is InChI=1S/C29H36IN3O3/c1-19(2)15-23-9-10-24(16-25(23)30)27-31-26(32-36-27)22-7-5-21(6-8-22)18-33-13-11-29(12-14-33,28(34)35)17-20(3)4/h5-10,16,19-20H,11-15,17-18H2,1-4H3,(H,34,35). The highest BCUT2D eigenvalue weighted by Crippen LogP contribution is 2.38. The van der Waals surface area contributed by atoms with Crippen molar-refractivity contribution in [1.82, 2.24) is 15.0 Å². The van der Waals surface area contributed by atoms with Crippen LogP contribution in [0.1, 0.15) is 58.1 Å². The summed E-state index contributed by atoms with van der Waals surface area (Å²) in [5.41, 5.74) is 3.82. The van der Waals surface area contributed by atoms with Crippen molar-refractivity contribution in [3.05, 3.63) is 57.2 Å². The van der Waals surface area contributed by atoms with Gasteiger partial charge in [-0.05, 0) is 96.5 Å². The Kier molecular flexibility index (Phi) is 8.50. The van der Waals surface area contributed by atoms with Gasteiger partial charge in [0.15, 0.2) is 0 Å². The van der Waals surface area contributed by atoms with Crippen molar-refractivity contribution in [2.24, 2.45) is 17.3 Å². The predicted octanol–water partition coefficient (Wildman–Crippen LogP) is 6.92. The van der Waals surface area contributed by atoms with Gasteiger partial charge < -0.3 is 9.63 Å². The summed E-state index contributed by atoms with van der Waals surface area (Å²) in [4.78, 5) is 19.0. The van der Waals surface area contributed by atoms with Crippen LogP contribution in [0.5, 0.6) is 0 Å². The van der Waals surface area contributed by atoms with Crippen LogP contribution in [0.3, 0.4) is 0 Å². The lowest BCUT2D eigenvalue weighted by molar-refractivity contribution is -0.153. The van der Waals surface area contributed by atoms with E-state index in [1.54, 1.807) is 0 Å². The summed E-state index contributed by atoms with van der Waals surface area (Å²) in [6, 6.07) is 14.6. The van der Waals surface area contributed by atoms with E-state index in [9.17, 15) is 9.90 Å². The highest BCUT2D eigenvalue weighted by molar-refractivity contribution is 14.1. The fourth-order valence-electron chi connectivity index (χ4n) is 5.19. The number of rotatable bonds is 9. The molecule has 36 heavy (non-hydrogen) atoms. The molecular formula is C29H36IN3O3. The Balaban J connectivity index is 1.38. The number of aromatic nitrogens is 2. The zero-order valence-electron chi connectivity index (χ0n) is 21.6. The number of hydrogen-bond acceptors (Lipinski definition) is 5. The molecule has 192 valence electrons. The third kappa shape index (κ3) is 6.35. The summed E-state index contributed by atoms with van der Waals surface area (Å²) in [6.45, 7) is 11.1. The van der Waals surface area contributed by atoms with Crippen LogP contribution in [-0.2, 0) is 17.8 Å². The Labute approximate surface area is 227 Å². The van der Waals surface area contributed by atoms with Crippen molar-refractivity contribution in [3.8, 4) is 22.8 Å². The molecule has 3 aromatic rings. The number of carbonyl (C=O) groups is 1. The number of carboxylic acids is 1. The largest absolute Gasteiger partial charge is 0.481 e. The first kappa shape index (κ1) is 26.8. The lowest BCUT2D eigenvalue weighted by Crippen LogP contribution is -2.44. The third-order valence-electron chi connectivity index (χ3n) is 7.04. The number of piperidine rings is 1. The van der Waals surface area contributed by atoms with Gasteiger partial charge in [-0.25, -0.2) is 0 Å². The highest BCUT2D eigenvalue weighted by Gasteiger charge is 2.41. The number of aliphatic carboxylic acids is 1. The van der Waals surface area contributed by atoms with E-state index in [1.807, 2.05) is 12.1 Å². The Morgan fingerprint density at radius 3 is 2.31 bits per heavy atom. The minimum absolute atomic E-state index is 0.388. The first-order chi connectivity index (χ1) is 17.1. The topological polar surface area (TPSA) is 79.5 Å². The molecule has 1 aliphatic heterocycles. The maximum Gasteiger partial charge on any atom is 0.309 e. The first-order valence-electron chi connectivity index (χ1n) is 12.8. The molecule has 0 amide bonds. The highest BCUT2D eigenvalue weighted by atomic mass is 127. The summed E-state index contributed by atoms with van der Waals surface area (Å²) in [5.74, 6) is 1.47. The van der Waals surface area contributed by atoms with Crippen LogP contribution >= 0.6 is 22.6 Å². The summed E-state index contributed by atoms with van der Waals surface area (Å²) >= 11 is 2.38. The van der Waals surface area contributed by atoms with Crippen LogP contribution in [-0.4, -0.2) is 39.2 Å². The van der Waals surface area contributed by atoms with Gasteiger partial charge in [0.25, 0.3) is 5.89 Å². The number of likely N-dealkylation sites (tertiary alicyclic amines) is 1. The average Bonchev–Trinajstić information content (AvgIpc) is 3.32. The second-order valence-corrected chi connectivity index (χ2v) is 12.1. The lowest BCUT2D eigenvalue weighted by atomic mass is 9.72. The maximum absolute atomic E-state index is 12.0. The molecule has 4 rings (SSSR count). The average molecular weight is 602 g/mol. The molecule has 0 spiro atoms. The molecule has 0 unspecified atom stereocenters. The minimum Gasteiger partial charge on any atom is -0.481 e. The number of halogens is 1. The Morgan fingerprint density at radius 1 is 1.06 bits per heavy atom. The van der Waals surface area contributed by atoms with Gasteiger partial charge in [-0.1, -0.05) is 63.2 Å². The fraction of sp³-hybridized carbons (Fsp3) is 0.483. The molecular weight excluding hydrogens is 565 g/mol. The van der Waals surface area contributed by atoms with Gasteiger partial charge in [0.2, 0.25) is 5.82 Å². The van der Waals surface area contributed by atoms with E-state index in [4.69, 9.17) is 4.52 Å². The van der Waals surface area contributed by atoms with Crippen LogP contribution in [0.4, 0.5) is 0 Å². The Bertz CT molecular complexity index is 1180. The number of hydrogen-bond donors (Lipinski definition) is 1. The lowest BCUT2D eigenvalue weighted by Gasteiger charge is -2.40. The summed E-state index contributed by atoms with van der Waals surface area (Å²) in [5, 5.41) is 14.1. The smallest absolute Gasteiger partial charge is 0.309 e. The van der Waals surface area contributed by atoms with Crippen molar-refractivity contribution in [2.45, 2.75) is 59.9 Å². The van der Waals surface area contributed by atoms with Gasteiger partial charge in [-0.3, -0.25) is 9.69 Å². The van der Waals surface area contributed by atoms with Crippen LogP contribution in [0, 0.1) is 20.8 Å².